The Hall–Kier alpha value is -1.26. The molecule has 0 aliphatic heterocycles. The average molecular weight is 185 g/mol. The van der Waals surface area contributed by atoms with Crippen LogP contribution < -0.4 is 5.32 Å². The van der Waals surface area contributed by atoms with Gasteiger partial charge in [0, 0.05) is 12.6 Å². The molecule has 0 atom stereocenters. The number of nitrogens with one attached hydrogen (secondary N) is 1. The molecule has 13 heavy (non-hydrogen) atoms. The number of anilines is 1. The first-order valence-corrected chi connectivity index (χ1v) is 4.18. The van der Waals surface area contributed by atoms with Crippen molar-refractivity contribution in [3.63, 3.8) is 0 Å². The highest BCUT2D eigenvalue weighted by molar-refractivity contribution is 5.32. The summed E-state index contributed by atoms with van der Waals surface area (Å²) in [6, 6.07) is 1.09. The van der Waals surface area contributed by atoms with Gasteiger partial charge in [0.05, 0.1) is 0 Å². The number of hydrogen-bond acceptors (Lipinski definition) is 3. The lowest BCUT2D eigenvalue weighted by atomic mass is 10.4. The van der Waals surface area contributed by atoms with E-state index in [0.717, 1.165) is 12.6 Å². The number of nitrogens with zero attached hydrogens (tertiary/aromatic N) is 2. The van der Waals surface area contributed by atoms with Crippen molar-refractivity contribution in [2.45, 2.75) is 12.8 Å². The summed E-state index contributed by atoms with van der Waals surface area (Å²) in [6.45, 7) is 0.732. The summed E-state index contributed by atoms with van der Waals surface area (Å²) < 4.78 is 25.0. The summed E-state index contributed by atoms with van der Waals surface area (Å²) >= 11 is 0. The van der Waals surface area contributed by atoms with Crippen molar-refractivity contribution in [2.75, 3.05) is 11.9 Å². The summed E-state index contributed by atoms with van der Waals surface area (Å²) in [5.41, 5.74) is 0. The van der Waals surface area contributed by atoms with Crippen molar-refractivity contribution < 1.29 is 8.78 Å². The van der Waals surface area contributed by atoms with E-state index in [0.29, 0.717) is 5.92 Å². The molecule has 1 saturated carbocycles. The Balaban J connectivity index is 2.01. The van der Waals surface area contributed by atoms with E-state index in [4.69, 9.17) is 0 Å². The van der Waals surface area contributed by atoms with E-state index in [1.807, 2.05) is 0 Å². The molecule has 0 saturated heterocycles. The van der Waals surface area contributed by atoms with E-state index in [1.165, 1.54) is 12.8 Å². The van der Waals surface area contributed by atoms with Crippen LogP contribution in [0, 0.1) is 17.9 Å². The highest BCUT2D eigenvalue weighted by Gasteiger charge is 2.20. The minimum Gasteiger partial charge on any atom is -0.370 e. The Morgan fingerprint density at radius 2 is 2.15 bits per heavy atom. The van der Waals surface area contributed by atoms with Gasteiger partial charge in [0.15, 0.2) is 0 Å². The summed E-state index contributed by atoms with van der Waals surface area (Å²) in [5, 5.41) is 2.86. The third-order valence-electron chi connectivity index (χ3n) is 1.94. The summed E-state index contributed by atoms with van der Waals surface area (Å²) in [5.74, 6) is 0.0174. The number of aromatic nitrogens is 2. The molecule has 0 unspecified atom stereocenters. The average Bonchev–Trinajstić information content (AvgIpc) is 2.81. The van der Waals surface area contributed by atoms with Gasteiger partial charge < -0.3 is 5.32 Å². The standard InChI is InChI=1S/C8H9F2N3/c9-6-3-7(13-8(10)12-6)11-4-5-1-2-5/h3,5H,1-2,4H2,(H,11,12,13). The molecule has 1 aromatic heterocycles. The maximum atomic E-state index is 12.5. The second kappa shape index (κ2) is 3.24. The van der Waals surface area contributed by atoms with Crippen LogP contribution in [0.15, 0.2) is 6.07 Å². The van der Waals surface area contributed by atoms with Crippen LogP contribution in [-0.2, 0) is 0 Å². The highest BCUT2D eigenvalue weighted by atomic mass is 19.1. The van der Waals surface area contributed by atoms with Crippen molar-refractivity contribution in [1.82, 2.24) is 9.97 Å². The second-order valence-corrected chi connectivity index (χ2v) is 3.17. The molecule has 0 aromatic carbocycles. The van der Waals surface area contributed by atoms with Crippen LogP contribution in [0.4, 0.5) is 14.6 Å². The van der Waals surface area contributed by atoms with E-state index < -0.39 is 12.0 Å². The molecule has 5 heteroatoms. The molecule has 1 aliphatic rings. The fourth-order valence-corrected chi connectivity index (χ4v) is 1.05. The van der Waals surface area contributed by atoms with Crippen LogP contribution in [0.25, 0.3) is 0 Å². The minimum atomic E-state index is -1.03. The Labute approximate surface area is 74.2 Å². The largest absolute Gasteiger partial charge is 0.370 e. The van der Waals surface area contributed by atoms with Crippen molar-refractivity contribution in [3.8, 4) is 0 Å². The third kappa shape index (κ3) is 2.34. The lowest BCUT2D eigenvalue weighted by molar-refractivity contribution is 0.484. The topological polar surface area (TPSA) is 37.8 Å². The summed E-state index contributed by atoms with van der Waals surface area (Å²) in [4.78, 5) is 6.30. The highest BCUT2D eigenvalue weighted by Crippen LogP contribution is 2.28. The van der Waals surface area contributed by atoms with Crippen LogP contribution in [0.3, 0.4) is 0 Å². The van der Waals surface area contributed by atoms with Crippen LogP contribution in [0.2, 0.25) is 0 Å². The summed E-state index contributed by atoms with van der Waals surface area (Å²) in [7, 11) is 0. The van der Waals surface area contributed by atoms with Crippen molar-refractivity contribution in [1.29, 1.82) is 0 Å². The minimum absolute atomic E-state index is 0.219. The molecular formula is C8H9F2N3. The van der Waals surface area contributed by atoms with Crippen LogP contribution in [0.1, 0.15) is 12.8 Å². The number of halogens is 2. The maximum Gasteiger partial charge on any atom is 0.313 e. The quantitative estimate of drug-likeness (QED) is 0.573. The van der Waals surface area contributed by atoms with E-state index >= 15 is 0 Å². The summed E-state index contributed by atoms with van der Waals surface area (Å²) in [6.07, 6.45) is 1.34. The zero-order chi connectivity index (χ0) is 9.26. The molecule has 1 fully saturated rings. The predicted octanol–water partition coefficient (Wildman–Crippen LogP) is 1.58. The van der Waals surface area contributed by atoms with E-state index in [1.54, 1.807) is 0 Å². The first kappa shape index (κ1) is 8.34. The molecular weight excluding hydrogens is 176 g/mol. The van der Waals surface area contributed by atoms with Gasteiger partial charge in [-0.05, 0) is 18.8 Å². The van der Waals surface area contributed by atoms with E-state index in [9.17, 15) is 8.78 Å². The van der Waals surface area contributed by atoms with Gasteiger partial charge in [-0.1, -0.05) is 0 Å². The van der Waals surface area contributed by atoms with Gasteiger partial charge in [-0.3, -0.25) is 0 Å². The van der Waals surface area contributed by atoms with Gasteiger partial charge in [0.25, 0.3) is 0 Å². The Morgan fingerprint density at radius 3 is 2.77 bits per heavy atom. The zero-order valence-electron chi connectivity index (χ0n) is 6.93. The Bertz CT molecular complexity index is 292. The van der Waals surface area contributed by atoms with Gasteiger partial charge in [0.1, 0.15) is 5.82 Å². The molecule has 0 amide bonds. The van der Waals surface area contributed by atoms with Crippen molar-refractivity contribution >= 4 is 5.82 Å². The normalized spacial score (nSPS) is 15.8. The first-order chi connectivity index (χ1) is 6.24. The molecule has 2 rings (SSSR count). The molecule has 1 aromatic rings. The second-order valence-electron chi connectivity index (χ2n) is 3.17. The molecule has 0 bridgehead atoms. The van der Waals surface area contributed by atoms with Crippen LogP contribution >= 0.6 is 0 Å². The van der Waals surface area contributed by atoms with Crippen LogP contribution in [0.5, 0.6) is 0 Å². The molecule has 0 radical (unpaired) electrons. The SMILES string of the molecule is Fc1cc(NCC2CC2)nc(F)n1. The molecule has 3 nitrogen and oxygen atoms in total. The number of rotatable bonds is 3. The Morgan fingerprint density at radius 1 is 1.38 bits per heavy atom. The smallest absolute Gasteiger partial charge is 0.313 e. The van der Waals surface area contributed by atoms with Gasteiger partial charge in [-0.15, -0.1) is 0 Å². The molecule has 0 spiro atoms. The van der Waals surface area contributed by atoms with Gasteiger partial charge in [0.2, 0.25) is 5.95 Å². The molecule has 70 valence electrons. The van der Waals surface area contributed by atoms with E-state index in [2.05, 4.69) is 15.3 Å². The zero-order valence-corrected chi connectivity index (χ0v) is 6.93. The van der Waals surface area contributed by atoms with Gasteiger partial charge >= 0.3 is 6.08 Å². The number of hydrogen-bond donors (Lipinski definition) is 1. The first-order valence-electron chi connectivity index (χ1n) is 4.18. The fraction of sp³-hybridized carbons (Fsp3) is 0.500. The monoisotopic (exact) mass is 185 g/mol. The molecule has 1 aliphatic carbocycles. The maximum absolute atomic E-state index is 12.5. The van der Waals surface area contributed by atoms with E-state index in [-0.39, 0.29) is 5.82 Å². The molecule has 1 N–H and O–H groups in total. The Kier molecular flexibility index (Phi) is 2.08. The van der Waals surface area contributed by atoms with Crippen molar-refractivity contribution in [2.24, 2.45) is 5.92 Å². The van der Waals surface area contributed by atoms with Crippen molar-refractivity contribution in [3.05, 3.63) is 18.1 Å². The third-order valence-corrected chi connectivity index (χ3v) is 1.94. The lowest BCUT2D eigenvalue weighted by Crippen LogP contribution is -2.07. The predicted molar refractivity (Wildman–Crippen MR) is 43.2 cm³/mol. The van der Waals surface area contributed by atoms with Gasteiger partial charge in [-0.2, -0.15) is 18.7 Å². The van der Waals surface area contributed by atoms with Crippen LogP contribution in [-0.4, -0.2) is 16.5 Å². The molecule has 1 heterocycles. The van der Waals surface area contributed by atoms with Gasteiger partial charge in [-0.25, -0.2) is 0 Å². The fourth-order valence-electron chi connectivity index (χ4n) is 1.05. The lowest BCUT2D eigenvalue weighted by Gasteiger charge is -2.02.